The lowest BCUT2D eigenvalue weighted by atomic mass is 9.95. The van der Waals surface area contributed by atoms with Gasteiger partial charge in [0.2, 0.25) is 0 Å². The van der Waals surface area contributed by atoms with Crippen LogP contribution in [0.2, 0.25) is 0 Å². The SMILES string of the molecule is C/C(=C/CC(C)/C(C)=C/c1csc(C)n1)CCCC(C)C=O. The standard InChI is InChI=1S/C19H29NOS/c1-14(7-6-8-15(2)12-21)9-10-16(3)17(4)11-19-13-22-18(5)20-19/h9,11-13,15-16H,6-8,10H2,1-5H3/b14-9-,17-11+. The first kappa shape index (κ1) is 18.8. The van der Waals surface area contributed by atoms with Crippen molar-refractivity contribution in [1.29, 1.82) is 0 Å². The number of hydrogen-bond donors (Lipinski definition) is 0. The molecule has 0 fully saturated rings. The molecule has 0 saturated heterocycles. The molecule has 0 amide bonds. The first-order chi connectivity index (χ1) is 10.4. The van der Waals surface area contributed by atoms with E-state index in [0.717, 1.165) is 42.7 Å². The number of carbonyl (C=O) groups excluding carboxylic acids is 1. The van der Waals surface area contributed by atoms with Gasteiger partial charge in [-0.3, -0.25) is 0 Å². The lowest BCUT2D eigenvalue weighted by Crippen LogP contribution is -1.97. The Morgan fingerprint density at radius 2 is 2.09 bits per heavy atom. The van der Waals surface area contributed by atoms with Crippen LogP contribution in [0.15, 0.2) is 22.6 Å². The van der Waals surface area contributed by atoms with Crippen LogP contribution in [-0.2, 0) is 4.79 Å². The molecule has 0 aliphatic carbocycles. The van der Waals surface area contributed by atoms with Gasteiger partial charge < -0.3 is 4.79 Å². The first-order valence-electron chi connectivity index (χ1n) is 8.13. The Hall–Kier alpha value is -1.22. The number of allylic oxidation sites excluding steroid dienone is 3. The molecule has 0 aliphatic heterocycles. The highest BCUT2D eigenvalue weighted by Gasteiger charge is 2.05. The highest BCUT2D eigenvalue weighted by atomic mass is 32.1. The summed E-state index contributed by atoms with van der Waals surface area (Å²) in [4.78, 5) is 15.1. The third-order valence-electron chi connectivity index (χ3n) is 4.07. The van der Waals surface area contributed by atoms with Crippen molar-refractivity contribution < 1.29 is 4.79 Å². The van der Waals surface area contributed by atoms with Crippen LogP contribution in [0.4, 0.5) is 0 Å². The Labute approximate surface area is 139 Å². The third-order valence-corrected chi connectivity index (χ3v) is 4.86. The molecule has 1 aromatic rings. The zero-order chi connectivity index (χ0) is 16.5. The molecule has 1 rings (SSSR count). The van der Waals surface area contributed by atoms with Gasteiger partial charge in [-0.25, -0.2) is 4.98 Å². The van der Waals surface area contributed by atoms with Crippen LogP contribution in [0.5, 0.6) is 0 Å². The van der Waals surface area contributed by atoms with Gasteiger partial charge in [-0.15, -0.1) is 11.3 Å². The molecule has 0 bridgehead atoms. The molecule has 0 saturated carbocycles. The molecule has 0 N–H and O–H groups in total. The zero-order valence-electron chi connectivity index (χ0n) is 14.6. The van der Waals surface area contributed by atoms with Crippen molar-refractivity contribution in [2.75, 3.05) is 0 Å². The average Bonchev–Trinajstić information content (AvgIpc) is 2.89. The summed E-state index contributed by atoms with van der Waals surface area (Å²) in [6.07, 6.45) is 9.85. The van der Waals surface area contributed by atoms with Crippen LogP contribution in [-0.4, -0.2) is 11.3 Å². The number of aldehydes is 1. The first-order valence-corrected chi connectivity index (χ1v) is 9.01. The minimum atomic E-state index is 0.193. The Morgan fingerprint density at radius 1 is 1.36 bits per heavy atom. The van der Waals surface area contributed by atoms with Crippen LogP contribution < -0.4 is 0 Å². The molecule has 3 heteroatoms. The smallest absolute Gasteiger partial charge is 0.122 e. The van der Waals surface area contributed by atoms with Crippen LogP contribution >= 0.6 is 11.3 Å². The van der Waals surface area contributed by atoms with Gasteiger partial charge >= 0.3 is 0 Å². The number of carbonyl (C=O) groups is 1. The third kappa shape index (κ3) is 7.17. The Morgan fingerprint density at radius 3 is 2.68 bits per heavy atom. The molecular formula is C19H29NOS. The van der Waals surface area contributed by atoms with Crippen LogP contribution in [0.1, 0.15) is 64.1 Å². The van der Waals surface area contributed by atoms with Gasteiger partial charge in [-0.05, 0) is 58.4 Å². The second kappa shape index (κ2) is 9.73. The van der Waals surface area contributed by atoms with Gasteiger partial charge in [-0.1, -0.05) is 31.1 Å². The quantitative estimate of drug-likeness (QED) is 0.423. The van der Waals surface area contributed by atoms with Crippen LogP contribution in [0.3, 0.4) is 0 Å². The van der Waals surface area contributed by atoms with E-state index in [1.165, 1.54) is 11.1 Å². The summed E-state index contributed by atoms with van der Waals surface area (Å²) in [5.74, 6) is 0.726. The van der Waals surface area contributed by atoms with Gasteiger partial charge in [0.05, 0.1) is 10.7 Å². The molecule has 0 spiro atoms. The van der Waals surface area contributed by atoms with E-state index in [-0.39, 0.29) is 5.92 Å². The van der Waals surface area contributed by atoms with Crippen LogP contribution in [0, 0.1) is 18.8 Å². The molecule has 1 aromatic heterocycles. The van der Waals surface area contributed by atoms with Gasteiger partial charge in [0.25, 0.3) is 0 Å². The lowest BCUT2D eigenvalue weighted by Gasteiger charge is -2.10. The van der Waals surface area contributed by atoms with E-state index in [4.69, 9.17) is 0 Å². The fourth-order valence-electron chi connectivity index (χ4n) is 2.26. The van der Waals surface area contributed by atoms with E-state index < -0.39 is 0 Å². The van der Waals surface area contributed by atoms with E-state index in [1.54, 1.807) is 11.3 Å². The fraction of sp³-hybridized carbons (Fsp3) is 0.579. The van der Waals surface area contributed by atoms with Crippen molar-refractivity contribution >= 4 is 23.7 Å². The minimum Gasteiger partial charge on any atom is -0.303 e. The predicted molar refractivity (Wildman–Crippen MR) is 97.1 cm³/mol. The second-order valence-electron chi connectivity index (χ2n) is 6.37. The maximum atomic E-state index is 10.6. The van der Waals surface area contributed by atoms with Crippen LogP contribution in [0.25, 0.3) is 6.08 Å². The summed E-state index contributed by atoms with van der Waals surface area (Å²) in [6.45, 7) is 10.7. The Bertz CT molecular complexity index is 527. The molecule has 0 aliphatic rings. The summed E-state index contributed by atoms with van der Waals surface area (Å²) in [6, 6.07) is 0. The van der Waals surface area contributed by atoms with E-state index >= 15 is 0 Å². The highest BCUT2D eigenvalue weighted by Crippen LogP contribution is 2.21. The molecule has 122 valence electrons. The summed E-state index contributed by atoms with van der Waals surface area (Å²) in [5.41, 5.74) is 3.89. The Kier molecular flexibility index (Phi) is 8.32. The highest BCUT2D eigenvalue weighted by molar-refractivity contribution is 7.09. The van der Waals surface area contributed by atoms with Crippen molar-refractivity contribution in [2.45, 2.75) is 60.3 Å². The van der Waals surface area contributed by atoms with Gasteiger partial charge in [0, 0.05) is 11.3 Å². The maximum absolute atomic E-state index is 10.6. The zero-order valence-corrected chi connectivity index (χ0v) is 15.4. The normalized spacial score (nSPS) is 15.7. The van der Waals surface area contributed by atoms with E-state index in [0.29, 0.717) is 5.92 Å². The summed E-state index contributed by atoms with van der Waals surface area (Å²) in [5, 5.41) is 3.23. The van der Waals surface area contributed by atoms with E-state index in [2.05, 4.69) is 43.3 Å². The topological polar surface area (TPSA) is 30.0 Å². The minimum absolute atomic E-state index is 0.193. The molecule has 2 atom stereocenters. The van der Waals surface area contributed by atoms with Gasteiger partial charge in [0.1, 0.15) is 6.29 Å². The molecule has 2 unspecified atom stereocenters. The van der Waals surface area contributed by atoms with Crippen molar-refractivity contribution in [3.8, 4) is 0 Å². The maximum Gasteiger partial charge on any atom is 0.122 e. The molecule has 22 heavy (non-hydrogen) atoms. The van der Waals surface area contributed by atoms with Crippen molar-refractivity contribution in [3.05, 3.63) is 33.3 Å². The van der Waals surface area contributed by atoms with Crippen molar-refractivity contribution in [2.24, 2.45) is 11.8 Å². The average molecular weight is 320 g/mol. The molecular weight excluding hydrogens is 290 g/mol. The molecule has 0 radical (unpaired) electrons. The molecule has 0 aromatic carbocycles. The summed E-state index contributed by atoms with van der Waals surface area (Å²) < 4.78 is 0. The summed E-state index contributed by atoms with van der Waals surface area (Å²) in [7, 11) is 0. The van der Waals surface area contributed by atoms with Gasteiger partial charge in [-0.2, -0.15) is 0 Å². The largest absolute Gasteiger partial charge is 0.303 e. The number of rotatable bonds is 9. The fourth-order valence-corrected chi connectivity index (χ4v) is 2.83. The molecule has 2 nitrogen and oxygen atoms in total. The number of aryl methyl sites for hydroxylation is 1. The second-order valence-corrected chi connectivity index (χ2v) is 7.43. The number of hydrogen-bond acceptors (Lipinski definition) is 3. The number of nitrogens with zero attached hydrogens (tertiary/aromatic N) is 1. The van der Waals surface area contributed by atoms with Crippen molar-refractivity contribution in [3.63, 3.8) is 0 Å². The number of aromatic nitrogens is 1. The monoisotopic (exact) mass is 319 g/mol. The summed E-state index contributed by atoms with van der Waals surface area (Å²) >= 11 is 1.70. The number of thiazole rings is 1. The van der Waals surface area contributed by atoms with Crippen molar-refractivity contribution in [1.82, 2.24) is 4.98 Å². The predicted octanol–water partition coefficient (Wildman–Crippen LogP) is 5.83. The lowest BCUT2D eigenvalue weighted by molar-refractivity contribution is -0.110. The molecule has 1 heterocycles. The van der Waals surface area contributed by atoms with E-state index in [1.807, 2.05) is 13.8 Å². The van der Waals surface area contributed by atoms with Gasteiger partial charge in [0.15, 0.2) is 0 Å². The van der Waals surface area contributed by atoms with E-state index in [9.17, 15) is 4.79 Å². The Balaban J connectivity index is 2.43.